The Balaban J connectivity index is 2.35. The van der Waals surface area contributed by atoms with E-state index in [-0.39, 0.29) is 5.69 Å². The van der Waals surface area contributed by atoms with Gasteiger partial charge >= 0.3 is 5.69 Å². The smallest absolute Gasteiger partial charge is 0.328 e. The van der Waals surface area contributed by atoms with E-state index in [0.717, 1.165) is 5.82 Å². The number of pyridine rings is 1. The lowest BCUT2D eigenvalue weighted by Crippen LogP contribution is -2.22. The zero-order valence-corrected chi connectivity index (χ0v) is 10.4. The molecular formula is C11H13ClN4O. The first-order chi connectivity index (χ1) is 8.11. The van der Waals surface area contributed by atoms with Crippen LogP contribution >= 0.6 is 11.6 Å². The monoisotopic (exact) mass is 252 g/mol. The summed E-state index contributed by atoms with van der Waals surface area (Å²) in [5, 5.41) is 3.49. The number of hydrogen-bond acceptors (Lipinski definition) is 3. The van der Waals surface area contributed by atoms with Crippen LogP contribution in [0.3, 0.4) is 0 Å². The minimum absolute atomic E-state index is 0.0854. The predicted octanol–water partition coefficient (Wildman–Crippen LogP) is 1.33. The molecule has 2 aromatic rings. The van der Waals surface area contributed by atoms with Crippen LogP contribution in [0, 0.1) is 0 Å². The minimum Gasteiger partial charge on any atom is -0.373 e. The van der Waals surface area contributed by atoms with Crippen molar-refractivity contribution < 1.29 is 0 Å². The van der Waals surface area contributed by atoms with Gasteiger partial charge in [0.1, 0.15) is 5.82 Å². The Kier molecular flexibility index (Phi) is 3.19. The number of anilines is 1. The van der Waals surface area contributed by atoms with Crippen molar-refractivity contribution in [2.75, 3.05) is 12.4 Å². The third-order valence-corrected chi connectivity index (χ3v) is 2.86. The van der Waals surface area contributed by atoms with Crippen molar-refractivity contribution in [1.82, 2.24) is 14.1 Å². The van der Waals surface area contributed by atoms with E-state index in [2.05, 4.69) is 10.3 Å². The number of nitrogens with one attached hydrogen (secondary N) is 1. The summed E-state index contributed by atoms with van der Waals surface area (Å²) in [5.41, 5.74) is 0.588. The van der Waals surface area contributed by atoms with Gasteiger partial charge in [-0.2, -0.15) is 0 Å². The second-order valence-electron chi connectivity index (χ2n) is 3.69. The molecular weight excluding hydrogens is 240 g/mol. The molecule has 6 heteroatoms. The van der Waals surface area contributed by atoms with Crippen LogP contribution in [0.25, 0.3) is 0 Å². The van der Waals surface area contributed by atoms with Gasteiger partial charge < -0.3 is 9.88 Å². The van der Waals surface area contributed by atoms with Crippen molar-refractivity contribution in [2.24, 2.45) is 7.05 Å². The number of aromatic nitrogens is 3. The molecule has 5 nitrogen and oxygen atoms in total. The summed E-state index contributed by atoms with van der Waals surface area (Å²) in [7, 11) is 3.49. The Hall–Kier alpha value is -1.75. The second kappa shape index (κ2) is 4.63. The van der Waals surface area contributed by atoms with Crippen LogP contribution in [0.15, 0.2) is 29.3 Å². The largest absolute Gasteiger partial charge is 0.373 e. The molecule has 0 saturated heterocycles. The maximum Gasteiger partial charge on any atom is 0.328 e. The maximum atomic E-state index is 11.7. The number of aryl methyl sites for hydroxylation is 1. The van der Waals surface area contributed by atoms with Crippen LogP contribution in [0.2, 0.25) is 5.02 Å². The van der Waals surface area contributed by atoms with Crippen molar-refractivity contribution in [3.8, 4) is 0 Å². The van der Waals surface area contributed by atoms with Gasteiger partial charge in [-0.05, 0) is 12.1 Å². The molecule has 17 heavy (non-hydrogen) atoms. The van der Waals surface area contributed by atoms with Gasteiger partial charge in [-0.3, -0.25) is 4.57 Å². The van der Waals surface area contributed by atoms with Gasteiger partial charge in [-0.1, -0.05) is 11.6 Å². The molecule has 0 aromatic carbocycles. The molecule has 0 saturated carbocycles. The Bertz CT molecular complexity index is 587. The van der Waals surface area contributed by atoms with E-state index in [4.69, 9.17) is 11.6 Å². The van der Waals surface area contributed by atoms with Crippen LogP contribution in [0.1, 0.15) is 5.69 Å². The van der Waals surface area contributed by atoms with Crippen molar-refractivity contribution in [3.63, 3.8) is 0 Å². The van der Waals surface area contributed by atoms with Crippen LogP contribution in [0.5, 0.6) is 0 Å². The predicted molar refractivity (Wildman–Crippen MR) is 67.6 cm³/mol. The summed E-state index contributed by atoms with van der Waals surface area (Å²) in [6.07, 6.45) is 3.42. The molecule has 2 rings (SSSR count). The third kappa shape index (κ3) is 2.34. The van der Waals surface area contributed by atoms with Gasteiger partial charge in [0.15, 0.2) is 0 Å². The van der Waals surface area contributed by atoms with Gasteiger partial charge in [0.25, 0.3) is 0 Å². The van der Waals surface area contributed by atoms with Crippen molar-refractivity contribution >= 4 is 17.4 Å². The van der Waals surface area contributed by atoms with Crippen LogP contribution in [-0.2, 0) is 13.6 Å². The first-order valence-corrected chi connectivity index (χ1v) is 5.54. The maximum absolute atomic E-state index is 11.7. The van der Waals surface area contributed by atoms with Crippen LogP contribution in [-0.4, -0.2) is 21.2 Å². The molecule has 0 aliphatic rings. The van der Waals surface area contributed by atoms with E-state index in [9.17, 15) is 4.79 Å². The number of rotatable bonds is 3. The minimum atomic E-state index is -0.0854. The topological polar surface area (TPSA) is 51.9 Å². The lowest BCUT2D eigenvalue weighted by atomic mass is 10.3. The fourth-order valence-electron chi connectivity index (χ4n) is 1.53. The highest BCUT2D eigenvalue weighted by Gasteiger charge is 2.07. The summed E-state index contributed by atoms with van der Waals surface area (Å²) >= 11 is 6.05. The van der Waals surface area contributed by atoms with Gasteiger partial charge in [-0.15, -0.1) is 0 Å². The molecule has 0 unspecified atom stereocenters. The highest BCUT2D eigenvalue weighted by atomic mass is 35.5. The highest BCUT2D eigenvalue weighted by Crippen LogP contribution is 2.17. The molecule has 0 radical (unpaired) electrons. The molecule has 2 heterocycles. The summed E-state index contributed by atoms with van der Waals surface area (Å²) in [4.78, 5) is 16.0. The lowest BCUT2D eigenvalue weighted by Gasteiger charge is -2.06. The average molecular weight is 253 g/mol. The van der Waals surface area contributed by atoms with Crippen LogP contribution < -0.4 is 11.0 Å². The number of nitrogens with zero attached hydrogens (tertiary/aromatic N) is 3. The van der Waals surface area contributed by atoms with Gasteiger partial charge in [0, 0.05) is 26.5 Å². The van der Waals surface area contributed by atoms with E-state index in [1.165, 1.54) is 4.57 Å². The fraction of sp³-hybridized carbons (Fsp3) is 0.273. The van der Waals surface area contributed by atoms with Gasteiger partial charge in [0.05, 0.1) is 17.3 Å². The Morgan fingerprint density at radius 2 is 2.18 bits per heavy atom. The molecule has 0 bridgehead atoms. The number of hydrogen-bond donors (Lipinski definition) is 1. The van der Waals surface area contributed by atoms with E-state index in [0.29, 0.717) is 17.3 Å². The first-order valence-electron chi connectivity index (χ1n) is 5.16. The molecule has 0 aliphatic heterocycles. The summed E-state index contributed by atoms with van der Waals surface area (Å²) in [6.45, 7) is 0.369. The molecule has 0 aliphatic carbocycles. The molecule has 1 N–H and O–H groups in total. The third-order valence-electron chi connectivity index (χ3n) is 2.51. The van der Waals surface area contributed by atoms with E-state index in [1.54, 1.807) is 43.2 Å². The molecule has 90 valence electrons. The van der Waals surface area contributed by atoms with Crippen molar-refractivity contribution in [2.45, 2.75) is 6.54 Å². The standard InChI is InChI=1S/C11H13ClN4O/c1-13-10-4-3-8(12)9(14-10)7-16-6-5-15(2)11(16)17/h3-6H,7H2,1-2H3,(H,13,14). The molecule has 0 spiro atoms. The number of halogens is 1. The average Bonchev–Trinajstić information content (AvgIpc) is 2.64. The van der Waals surface area contributed by atoms with E-state index >= 15 is 0 Å². The molecule has 0 fully saturated rings. The quantitative estimate of drug-likeness (QED) is 0.897. The zero-order chi connectivity index (χ0) is 12.4. The van der Waals surface area contributed by atoms with Crippen LogP contribution in [0.4, 0.5) is 5.82 Å². The fourth-order valence-corrected chi connectivity index (χ4v) is 1.69. The Labute approximate surface area is 104 Å². The number of imidazole rings is 1. The molecule has 2 aromatic heterocycles. The van der Waals surface area contributed by atoms with E-state index in [1.807, 2.05) is 0 Å². The van der Waals surface area contributed by atoms with Crippen molar-refractivity contribution in [3.05, 3.63) is 45.7 Å². The molecule has 0 amide bonds. The zero-order valence-electron chi connectivity index (χ0n) is 9.64. The second-order valence-corrected chi connectivity index (χ2v) is 4.10. The Morgan fingerprint density at radius 1 is 1.41 bits per heavy atom. The van der Waals surface area contributed by atoms with Crippen molar-refractivity contribution in [1.29, 1.82) is 0 Å². The van der Waals surface area contributed by atoms with Gasteiger partial charge in [0.2, 0.25) is 0 Å². The first kappa shape index (κ1) is 11.7. The summed E-state index contributed by atoms with van der Waals surface area (Å²) in [6, 6.07) is 3.56. The van der Waals surface area contributed by atoms with E-state index < -0.39 is 0 Å². The summed E-state index contributed by atoms with van der Waals surface area (Å²) in [5.74, 6) is 0.730. The molecule has 0 atom stereocenters. The Morgan fingerprint density at radius 3 is 2.76 bits per heavy atom. The highest BCUT2D eigenvalue weighted by molar-refractivity contribution is 6.31. The SMILES string of the molecule is CNc1ccc(Cl)c(Cn2ccn(C)c2=O)n1. The van der Waals surface area contributed by atoms with Gasteiger partial charge in [-0.25, -0.2) is 9.78 Å². The summed E-state index contributed by atoms with van der Waals surface area (Å²) < 4.78 is 3.07. The normalized spacial score (nSPS) is 10.5. The lowest BCUT2D eigenvalue weighted by molar-refractivity contribution is 0.705.